The maximum Gasteiger partial charge on any atom is 0.409 e. The molecule has 2 aromatic rings. The molecule has 130 valence electrons. The second kappa shape index (κ2) is 6.69. The molecule has 0 spiro atoms. The lowest BCUT2D eigenvalue weighted by molar-refractivity contribution is -0.131. The van der Waals surface area contributed by atoms with Crippen molar-refractivity contribution in [2.45, 2.75) is 25.5 Å². The standard InChI is InChI=1S/C20H21NO4/c1-13(2)20(24,12-22)21-19(23)25-11-18-16-9-5-3-7-14(16)15-8-4-6-10-17(15)18/h3-10,12-13,18,24H,11H2,1-2H3,(H,21,23)/t20-/m0/s1. The van der Waals surface area contributed by atoms with E-state index in [1.807, 2.05) is 36.4 Å². The van der Waals surface area contributed by atoms with Gasteiger partial charge >= 0.3 is 6.09 Å². The summed E-state index contributed by atoms with van der Waals surface area (Å²) >= 11 is 0. The molecule has 1 atom stereocenters. The van der Waals surface area contributed by atoms with Gasteiger partial charge in [-0.15, -0.1) is 0 Å². The van der Waals surface area contributed by atoms with Crippen molar-refractivity contribution in [3.63, 3.8) is 0 Å². The number of alkyl carbamates (subject to hydrolysis) is 1. The average molecular weight is 339 g/mol. The lowest BCUT2D eigenvalue weighted by atomic mass is 9.98. The molecule has 0 saturated heterocycles. The molecule has 1 amide bonds. The molecule has 0 saturated carbocycles. The van der Waals surface area contributed by atoms with Crippen LogP contribution in [0.3, 0.4) is 0 Å². The Morgan fingerprint density at radius 2 is 1.68 bits per heavy atom. The van der Waals surface area contributed by atoms with Crippen LogP contribution in [-0.4, -0.2) is 29.8 Å². The number of carbonyl (C=O) groups excluding carboxylic acids is 2. The summed E-state index contributed by atoms with van der Waals surface area (Å²) in [5, 5.41) is 12.3. The van der Waals surface area contributed by atoms with Gasteiger partial charge in [0.2, 0.25) is 0 Å². The van der Waals surface area contributed by atoms with E-state index < -0.39 is 17.7 Å². The zero-order valence-electron chi connectivity index (χ0n) is 14.2. The SMILES string of the molecule is CC(C)[C@@](O)(C=O)NC(=O)OCC1c2ccccc2-c2ccccc21. The van der Waals surface area contributed by atoms with Crippen molar-refractivity contribution < 1.29 is 19.4 Å². The Morgan fingerprint density at radius 1 is 1.16 bits per heavy atom. The third-order valence-corrected chi connectivity index (χ3v) is 4.71. The van der Waals surface area contributed by atoms with Crippen molar-refractivity contribution in [1.29, 1.82) is 0 Å². The zero-order chi connectivity index (χ0) is 18.0. The molecular formula is C20H21NO4. The first-order valence-corrected chi connectivity index (χ1v) is 8.28. The first-order chi connectivity index (χ1) is 12.0. The minimum Gasteiger partial charge on any atom is -0.448 e. The van der Waals surface area contributed by atoms with Gasteiger partial charge in [-0.05, 0) is 22.3 Å². The second-order valence-corrected chi connectivity index (χ2v) is 6.55. The van der Waals surface area contributed by atoms with Crippen LogP contribution in [0.2, 0.25) is 0 Å². The van der Waals surface area contributed by atoms with Gasteiger partial charge in [-0.25, -0.2) is 4.79 Å². The number of rotatable bonds is 5. The molecule has 3 rings (SSSR count). The highest BCUT2D eigenvalue weighted by molar-refractivity contribution is 5.79. The van der Waals surface area contributed by atoms with Crippen molar-refractivity contribution in [2.75, 3.05) is 6.61 Å². The fourth-order valence-electron chi connectivity index (χ4n) is 3.11. The predicted octanol–water partition coefficient (Wildman–Crippen LogP) is 3.07. The highest BCUT2D eigenvalue weighted by atomic mass is 16.6. The normalized spacial score (nSPS) is 15.2. The van der Waals surface area contributed by atoms with E-state index in [2.05, 4.69) is 17.4 Å². The largest absolute Gasteiger partial charge is 0.448 e. The molecule has 25 heavy (non-hydrogen) atoms. The number of nitrogens with one attached hydrogen (secondary N) is 1. The van der Waals surface area contributed by atoms with Crippen molar-refractivity contribution >= 4 is 12.4 Å². The van der Waals surface area contributed by atoms with E-state index in [1.165, 1.54) is 0 Å². The van der Waals surface area contributed by atoms with Crippen molar-refractivity contribution in [2.24, 2.45) is 5.92 Å². The number of ether oxygens (including phenoxy) is 1. The number of carbonyl (C=O) groups is 2. The molecule has 0 unspecified atom stereocenters. The van der Waals surface area contributed by atoms with E-state index in [1.54, 1.807) is 13.8 Å². The Bertz CT molecular complexity index is 756. The highest BCUT2D eigenvalue weighted by Gasteiger charge is 2.34. The summed E-state index contributed by atoms with van der Waals surface area (Å²) in [6.45, 7) is 3.41. The van der Waals surface area contributed by atoms with Crippen LogP contribution in [0.4, 0.5) is 4.79 Å². The Hall–Kier alpha value is -2.66. The third kappa shape index (κ3) is 3.15. The van der Waals surface area contributed by atoms with E-state index >= 15 is 0 Å². The van der Waals surface area contributed by atoms with E-state index in [0.717, 1.165) is 22.3 Å². The topological polar surface area (TPSA) is 75.6 Å². The maximum absolute atomic E-state index is 12.1. The number of amides is 1. The summed E-state index contributed by atoms with van der Waals surface area (Å²) < 4.78 is 5.32. The van der Waals surface area contributed by atoms with Gasteiger partial charge < -0.3 is 9.84 Å². The lowest BCUT2D eigenvalue weighted by Crippen LogP contribution is -2.54. The van der Waals surface area contributed by atoms with Gasteiger partial charge in [-0.1, -0.05) is 62.4 Å². The van der Waals surface area contributed by atoms with Crippen LogP contribution in [0.1, 0.15) is 30.9 Å². The fraction of sp³-hybridized carbons (Fsp3) is 0.300. The Labute approximate surface area is 146 Å². The zero-order valence-corrected chi connectivity index (χ0v) is 14.2. The molecule has 2 N–H and O–H groups in total. The second-order valence-electron chi connectivity index (χ2n) is 6.55. The maximum atomic E-state index is 12.1. The van der Waals surface area contributed by atoms with Gasteiger partial charge in [-0.2, -0.15) is 0 Å². The Balaban J connectivity index is 1.76. The number of aliphatic hydroxyl groups is 1. The van der Waals surface area contributed by atoms with Gasteiger partial charge in [0.15, 0.2) is 12.0 Å². The van der Waals surface area contributed by atoms with Crippen LogP contribution in [0.25, 0.3) is 11.1 Å². The molecule has 5 nitrogen and oxygen atoms in total. The monoisotopic (exact) mass is 339 g/mol. The lowest BCUT2D eigenvalue weighted by Gasteiger charge is -2.26. The van der Waals surface area contributed by atoms with Crippen LogP contribution < -0.4 is 5.32 Å². The number of hydrogen-bond donors (Lipinski definition) is 2. The van der Waals surface area contributed by atoms with E-state index in [4.69, 9.17) is 4.74 Å². The molecular weight excluding hydrogens is 318 g/mol. The van der Waals surface area contributed by atoms with Crippen LogP contribution in [0.15, 0.2) is 48.5 Å². The molecule has 1 aliphatic rings. The molecule has 5 heteroatoms. The molecule has 2 aromatic carbocycles. The van der Waals surface area contributed by atoms with Crippen LogP contribution >= 0.6 is 0 Å². The number of fused-ring (bicyclic) bond motifs is 3. The van der Waals surface area contributed by atoms with E-state index in [0.29, 0.717) is 6.29 Å². The molecule has 0 aromatic heterocycles. The smallest absolute Gasteiger partial charge is 0.409 e. The van der Waals surface area contributed by atoms with Crippen molar-refractivity contribution in [1.82, 2.24) is 5.32 Å². The summed E-state index contributed by atoms with van der Waals surface area (Å²) in [5.41, 5.74) is 2.55. The van der Waals surface area contributed by atoms with Crippen LogP contribution in [-0.2, 0) is 9.53 Å². The van der Waals surface area contributed by atoms with Gasteiger partial charge in [0.1, 0.15) is 6.61 Å². The fourth-order valence-corrected chi connectivity index (χ4v) is 3.11. The average Bonchev–Trinajstić information content (AvgIpc) is 2.94. The van der Waals surface area contributed by atoms with Crippen LogP contribution in [0, 0.1) is 5.92 Å². The van der Waals surface area contributed by atoms with Gasteiger partial charge in [0.05, 0.1) is 0 Å². The molecule has 0 heterocycles. The molecule has 0 radical (unpaired) electrons. The van der Waals surface area contributed by atoms with E-state index in [9.17, 15) is 14.7 Å². The summed E-state index contributed by atoms with van der Waals surface area (Å²) in [5.74, 6) is -0.535. The van der Waals surface area contributed by atoms with E-state index in [-0.39, 0.29) is 12.5 Å². The number of hydrogen-bond acceptors (Lipinski definition) is 4. The summed E-state index contributed by atoms with van der Waals surface area (Å²) in [4.78, 5) is 23.1. The summed E-state index contributed by atoms with van der Waals surface area (Å²) in [6.07, 6.45) is -0.496. The molecule has 0 bridgehead atoms. The Kier molecular flexibility index (Phi) is 4.59. The molecule has 0 aliphatic heterocycles. The highest BCUT2D eigenvalue weighted by Crippen LogP contribution is 2.44. The van der Waals surface area contributed by atoms with Crippen LogP contribution in [0.5, 0.6) is 0 Å². The summed E-state index contributed by atoms with van der Waals surface area (Å²) in [7, 11) is 0. The third-order valence-electron chi connectivity index (χ3n) is 4.71. The number of benzene rings is 2. The Morgan fingerprint density at radius 3 is 2.16 bits per heavy atom. The van der Waals surface area contributed by atoms with Gasteiger partial charge in [0, 0.05) is 11.8 Å². The quantitative estimate of drug-likeness (QED) is 0.648. The van der Waals surface area contributed by atoms with Crippen molar-refractivity contribution in [3.8, 4) is 11.1 Å². The molecule has 0 fully saturated rings. The predicted molar refractivity (Wildman–Crippen MR) is 94.1 cm³/mol. The first kappa shape index (κ1) is 17.2. The van der Waals surface area contributed by atoms with Gasteiger partial charge in [0.25, 0.3) is 0 Å². The molecule has 1 aliphatic carbocycles. The van der Waals surface area contributed by atoms with Crippen molar-refractivity contribution in [3.05, 3.63) is 59.7 Å². The first-order valence-electron chi connectivity index (χ1n) is 8.28. The minimum absolute atomic E-state index is 0.0680. The number of aldehydes is 1. The minimum atomic E-state index is -1.93. The van der Waals surface area contributed by atoms with Gasteiger partial charge in [-0.3, -0.25) is 10.1 Å². The summed E-state index contributed by atoms with van der Waals surface area (Å²) in [6, 6.07) is 16.0.